The molecule has 0 amide bonds. The van der Waals surface area contributed by atoms with E-state index in [2.05, 4.69) is 66.5 Å². The van der Waals surface area contributed by atoms with Gasteiger partial charge < -0.3 is 9.47 Å². The van der Waals surface area contributed by atoms with E-state index < -0.39 is 8.07 Å². The van der Waals surface area contributed by atoms with E-state index in [-0.39, 0.29) is 30.6 Å². The molecule has 3 fully saturated rings. The average Bonchev–Trinajstić information content (AvgIpc) is 3.43. The fourth-order valence-corrected chi connectivity index (χ4v) is 8.40. The monoisotopic (exact) mass is 404 g/mol. The first-order valence-electron chi connectivity index (χ1n) is 10.7. The minimum Gasteiger partial charge on any atom is -0.341 e. The second-order valence-electron chi connectivity index (χ2n) is 9.20. The van der Waals surface area contributed by atoms with Crippen molar-refractivity contribution in [3.05, 3.63) is 66.2 Å². The largest absolute Gasteiger partial charge is 0.341 e. The van der Waals surface area contributed by atoms with E-state index in [1.54, 1.807) is 0 Å². The number of benzene rings is 2. The van der Waals surface area contributed by atoms with Crippen molar-refractivity contribution < 1.29 is 9.47 Å². The molecule has 3 aliphatic rings. The molecule has 1 unspecified atom stereocenters. The van der Waals surface area contributed by atoms with E-state index in [4.69, 9.17) is 9.47 Å². The molecule has 4 nitrogen and oxygen atoms in total. The third-order valence-electron chi connectivity index (χ3n) is 7.00. The fraction of sp³-hybridized carbons (Fsp3) is 0.458. The Labute approximate surface area is 174 Å². The Morgan fingerprint density at radius 3 is 2.31 bits per heavy atom. The first-order valence-corrected chi connectivity index (χ1v) is 13.9. The minimum absolute atomic E-state index is 0.0152. The van der Waals surface area contributed by atoms with Crippen molar-refractivity contribution >= 4 is 13.3 Å². The van der Waals surface area contributed by atoms with Gasteiger partial charge >= 0.3 is 0 Å². The number of hydrogen-bond donors (Lipinski definition) is 0. The molecule has 2 aromatic rings. The van der Waals surface area contributed by atoms with Crippen LogP contribution in [0.25, 0.3) is 0 Å². The maximum Gasteiger partial charge on any atom is 0.184 e. The molecule has 3 aliphatic heterocycles. The Morgan fingerprint density at radius 1 is 0.966 bits per heavy atom. The molecule has 0 radical (unpaired) electrons. The summed E-state index contributed by atoms with van der Waals surface area (Å²) in [6, 6.07) is 25.3. The third-order valence-corrected chi connectivity index (χ3v) is 10.3. The molecule has 0 aromatic heterocycles. The minimum atomic E-state index is -1.69. The number of hydrogen-bond acceptors (Lipinski definition) is 4. The van der Waals surface area contributed by atoms with Crippen LogP contribution in [0.4, 0.5) is 0 Å². The van der Waals surface area contributed by atoms with Gasteiger partial charge in [0.15, 0.2) is 6.29 Å². The highest BCUT2D eigenvalue weighted by Gasteiger charge is 2.60. The number of nitrogens with zero attached hydrogens (tertiary/aromatic N) is 2. The van der Waals surface area contributed by atoms with Gasteiger partial charge in [-0.1, -0.05) is 78.9 Å². The standard InChI is InChI=1S/C24H28N2O2Si/c1-29(2,19-11-7-4-8-12-19)16-21-23-22(20-14-13-18(15-25)26(20)21)27-24(28-23)17-9-5-3-6-10-17/h3-12,18,20-24H,13-14,16H2,1-2H3/t18?,20-,21-,22+,23-,24+/m1/s1. The molecule has 5 rings (SSSR count). The van der Waals surface area contributed by atoms with Gasteiger partial charge in [0.05, 0.1) is 20.2 Å². The molecule has 3 saturated heterocycles. The molecule has 0 spiro atoms. The maximum atomic E-state index is 9.78. The van der Waals surface area contributed by atoms with Crippen LogP contribution >= 0.6 is 0 Å². The van der Waals surface area contributed by atoms with E-state index in [0.717, 1.165) is 24.4 Å². The van der Waals surface area contributed by atoms with Crippen molar-refractivity contribution in [1.82, 2.24) is 4.90 Å². The fourth-order valence-electron chi connectivity index (χ4n) is 5.58. The van der Waals surface area contributed by atoms with Crippen molar-refractivity contribution in [2.24, 2.45) is 0 Å². The van der Waals surface area contributed by atoms with Gasteiger partial charge in [-0.2, -0.15) is 5.26 Å². The zero-order valence-corrected chi connectivity index (χ0v) is 18.1. The summed E-state index contributed by atoms with van der Waals surface area (Å²) in [6.07, 6.45) is 1.77. The van der Waals surface area contributed by atoms with Gasteiger partial charge in [0.1, 0.15) is 12.2 Å². The Bertz CT molecular complexity index is 898. The number of fused-ring (bicyclic) bond motifs is 3. The zero-order valence-electron chi connectivity index (χ0n) is 17.1. The summed E-state index contributed by atoms with van der Waals surface area (Å²) in [6.45, 7) is 4.87. The Hall–Kier alpha value is -1.97. The van der Waals surface area contributed by atoms with Gasteiger partial charge in [-0.25, -0.2) is 0 Å². The Balaban J connectivity index is 1.45. The molecular weight excluding hydrogens is 376 g/mol. The number of rotatable bonds is 4. The summed E-state index contributed by atoms with van der Waals surface area (Å²) in [7, 11) is -1.69. The summed E-state index contributed by atoms with van der Waals surface area (Å²) >= 11 is 0. The molecule has 0 aliphatic carbocycles. The lowest BCUT2D eigenvalue weighted by molar-refractivity contribution is -0.0971. The smallest absolute Gasteiger partial charge is 0.184 e. The lowest BCUT2D eigenvalue weighted by Gasteiger charge is -2.35. The van der Waals surface area contributed by atoms with Crippen LogP contribution in [0.3, 0.4) is 0 Å². The highest BCUT2D eigenvalue weighted by Crippen LogP contribution is 2.48. The lowest BCUT2D eigenvalue weighted by Crippen LogP contribution is -2.51. The van der Waals surface area contributed by atoms with Gasteiger partial charge in [0.25, 0.3) is 0 Å². The topological polar surface area (TPSA) is 45.5 Å². The summed E-state index contributed by atoms with van der Waals surface area (Å²) in [5.41, 5.74) is 1.08. The molecule has 29 heavy (non-hydrogen) atoms. The van der Waals surface area contributed by atoms with Gasteiger partial charge in [0, 0.05) is 17.6 Å². The van der Waals surface area contributed by atoms with Crippen molar-refractivity contribution in [3.8, 4) is 6.07 Å². The zero-order chi connectivity index (χ0) is 20.0. The van der Waals surface area contributed by atoms with Crippen LogP contribution in [0.15, 0.2) is 60.7 Å². The molecule has 5 heteroatoms. The number of ether oxygens (including phenoxy) is 2. The van der Waals surface area contributed by atoms with E-state index in [1.165, 1.54) is 5.19 Å². The predicted molar refractivity (Wildman–Crippen MR) is 115 cm³/mol. The molecule has 0 bridgehead atoms. The summed E-state index contributed by atoms with van der Waals surface area (Å²) in [5.74, 6) is 0. The van der Waals surface area contributed by atoms with Crippen LogP contribution < -0.4 is 5.19 Å². The predicted octanol–water partition coefficient (Wildman–Crippen LogP) is 3.82. The SMILES string of the molecule is C[Si](C)(C[C@@H]1[C@H]2O[C@@H](c3ccccc3)O[C@H]2[C@H]2CCC(C#N)N21)c1ccccc1. The second-order valence-corrected chi connectivity index (χ2v) is 14.0. The van der Waals surface area contributed by atoms with E-state index >= 15 is 0 Å². The average molecular weight is 405 g/mol. The quantitative estimate of drug-likeness (QED) is 0.727. The van der Waals surface area contributed by atoms with Crippen molar-refractivity contribution in [2.75, 3.05) is 0 Å². The molecule has 2 aromatic carbocycles. The first-order chi connectivity index (χ1) is 14.1. The summed E-state index contributed by atoms with van der Waals surface area (Å²) in [4.78, 5) is 2.45. The van der Waals surface area contributed by atoms with Gasteiger partial charge in [-0.05, 0) is 18.9 Å². The molecule has 6 atom stereocenters. The van der Waals surface area contributed by atoms with E-state index in [1.807, 2.05) is 18.2 Å². The highest BCUT2D eigenvalue weighted by atomic mass is 28.3. The van der Waals surface area contributed by atoms with Crippen molar-refractivity contribution in [2.45, 2.75) is 68.6 Å². The van der Waals surface area contributed by atoms with Crippen LogP contribution in [-0.4, -0.2) is 43.3 Å². The van der Waals surface area contributed by atoms with Gasteiger partial charge in [0.2, 0.25) is 0 Å². The van der Waals surface area contributed by atoms with Gasteiger partial charge in [-0.15, -0.1) is 0 Å². The normalized spacial score (nSPS) is 34.0. The van der Waals surface area contributed by atoms with Crippen LogP contribution in [-0.2, 0) is 9.47 Å². The van der Waals surface area contributed by atoms with E-state index in [9.17, 15) is 5.26 Å². The first kappa shape index (κ1) is 19.0. The van der Waals surface area contributed by atoms with Crippen LogP contribution in [0.1, 0.15) is 24.7 Å². The van der Waals surface area contributed by atoms with Crippen LogP contribution in [0, 0.1) is 11.3 Å². The molecule has 0 saturated carbocycles. The number of nitriles is 1. The van der Waals surface area contributed by atoms with Crippen LogP contribution in [0.5, 0.6) is 0 Å². The van der Waals surface area contributed by atoms with Crippen molar-refractivity contribution in [1.29, 1.82) is 5.26 Å². The second kappa shape index (κ2) is 7.37. The summed E-state index contributed by atoms with van der Waals surface area (Å²) < 4.78 is 13.0. The Morgan fingerprint density at radius 2 is 1.62 bits per heavy atom. The molecule has 3 heterocycles. The van der Waals surface area contributed by atoms with Gasteiger partial charge in [-0.3, -0.25) is 4.90 Å². The molecular formula is C24H28N2O2Si. The maximum absolute atomic E-state index is 9.78. The molecule has 0 N–H and O–H groups in total. The molecule has 150 valence electrons. The summed E-state index contributed by atoms with van der Waals surface area (Å²) in [5, 5.41) is 11.2. The highest BCUT2D eigenvalue weighted by molar-refractivity contribution is 6.89. The lowest BCUT2D eigenvalue weighted by atomic mass is 10.0. The van der Waals surface area contributed by atoms with E-state index in [0.29, 0.717) is 6.04 Å². The van der Waals surface area contributed by atoms with Crippen molar-refractivity contribution in [3.63, 3.8) is 0 Å². The van der Waals surface area contributed by atoms with Crippen LogP contribution in [0.2, 0.25) is 19.1 Å². The Kier molecular flexibility index (Phi) is 4.83. The third kappa shape index (κ3) is 3.25.